The predicted molar refractivity (Wildman–Crippen MR) is 120 cm³/mol. The molecular formula is C24H47NO. The summed E-state index contributed by atoms with van der Waals surface area (Å²) in [5, 5.41) is 0. The minimum Gasteiger partial charge on any atom is -0.324 e. The average molecular weight is 366 g/mol. The smallest absolute Gasteiger partial charge is 0.143 e. The van der Waals surface area contributed by atoms with E-state index in [9.17, 15) is 4.79 Å². The molecule has 0 amide bonds. The van der Waals surface area contributed by atoms with Gasteiger partial charge in [-0.05, 0) is 50.3 Å². The third kappa shape index (κ3) is 25.1. The van der Waals surface area contributed by atoms with Gasteiger partial charge in [0.2, 0.25) is 0 Å². The quantitative estimate of drug-likeness (QED) is 0.543. The van der Waals surface area contributed by atoms with Crippen molar-refractivity contribution < 1.29 is 4.79 Å². The number of nitrogens with two attached hydrogens (primary N) is 1. The standard InChI is InChI=1S/C9H12.C8H18.C4H10.C3H7NO/c1-7-5-4-6-8(2)9(7)3;1-4-5-6-7-8(2)3;1-3-4-2;1-3(5)2-4/h4-6H,1-3H3;8H,4-7H2,1-3H3;3-4H2,1-2H3;2,4H2,1H3. The maximum atomic E-state index is 9.69. The van der Waals surface area contributed by atoms with E-state index in [2.05, 4.69) is 73.6 Å². The van der Waals surface area contributed by atoms with Crippen LogP contribution < -0.4 is 5.73 Å². The first-order chi connectivity index (χ1) is 12.2. The van der Waals surface area contributed by atoms with Crippen LogP contribution in [0.15, 0.2) is 18.2 Å². The molecule has 0 saturated heterocycles. The van der Waals surface area contributed by atoms with E-state index in [1.54, 1.807) is 0 Å². The first-order valence-electron chi connectivity index (χ1n) is 10.4. The van der Waals surface area contributed by atoms with Crippen molar-refractivity contribution in [2.75, 3.05) is 6.54 Å². The minimum absolute atomic E-state index is 0.0324. The van der Waals surface area contributed by atoms with Crippen LogP contribution in [0.4, 0.5) is 0 Å². The van der Waals surface area contributed by atoms with Crippen LogP contribution in [0.1, 0.15) is 96.8 Å². The summed E-state index contributed by atoms with van der Waals surface area (Å²) < 4.78 is 0. The molecule has 2 nitrogen and oxygen atoms in total. The monoisotopic (exact) mass is 365 g/mol. The third-order valence-corrected chi connectivity index (χ3v) is 4.05. The van der Waals surface area contributed by atoms with Gasteiger partial charge in [-0.3, -0.25) is 4.79 Å². The second-order valence-electron chi connectivity index (χ2n) is 7.31. The lowest BCUT2D eigenvalue weighted by molar-refractivity contribution is -0.115. The summed E-state index contributed by atoms with van der Waals surface area (Å²) in [7, 11) is 0. The number of carbonyl (C=O) groups excluding carboxylic acids is 1. The van der Waals surface area contributed by atoms with Gasteiger partial charge in [0, 0.05) is 0 Å². The van der Waals surface area contributed by atoms with E-state index in [1.165, 1.54) is 62.1 Å². The number of benzene rings is 1. The van der Waals surface area contributed by atoms with Crippen molar-refractivity contribution in [2.45, 2.75) is 101 Å². The highest BCUT2D eigenvalue weighted by Gasteiger charge is 1.92. The predicted octanol–water partition coefficient (Wildman–Crippen LogP) is 7.18. The van der Waals surface area contributed by atoms with Crippen LogP contribution >= 0.6 is 0 Å². The van der Waals surface area contributed by atoms with E-state index >= 15 is 0 Å². The van der Waals surface area contributed by atoms with Crippen LogP contribution in [0.5, 0.6) is 0 Å². The zero-order valence-electron chi connectivity index (χ0n) is 19.2. The molecule has 0 unspecified atom stereocenters. The molecule has 0 atom stereocenters. The van der Waals surface area contributed by atoms with Crippen molar-refractivity contribution in [3.05, 3.63) is 34.9 Å². The minimum atomic E-state index is 0.0324. The Morgan fingerprint density at radius 1 is 0.923 bits per heavy atom. The summed E-state index contributed by atoms with van der Waals surface area (Å²) in [6, 6.07) is 6.38. The molecule has 0 aromatic heterocycles. The van der Waals surface area contributed by atoms with Crippen molar-refractivity contribution in [2.24, 2.45) is 11.7 Å². The maximum Gasteiger partial charge on any atom is 0.143 e. The number of hydrogen-bond acceptors (Lipinski definition) is 2. The van der Waals surface area contributed by atoms with Gasteiger partial charge < -0.3 is 5.73 Å². The van der Waals surface area contributed by atoms with E-state index in [-0.39, 0.29) is 12.3 Å². The molecule has 0 spiro atoms. The number of carbonyl (C=O) groups is 1. The number of Topliss-reactive ketones (excluding diaryl/α,β-unsaturated/α-hetero) is 1. The van der Waals surface area contributed by atoms with Gasteiger partial charge >= 0.3 is 0 Å². The highest BCUT2D eigenvalue weighted by Crippen LogP contribution is 2.10. The van der Waals surface area contributed by atoms with Crippen LogP contribution in [0.2, 0.25) is 0 Å². The molecule has 0 aliphatic heterocycles. The van der Waals surface area contributed by atoms with E-state index < -0.39 is 0 Å². The summed E-state index contributed by atoms with van der Waals surface area (Å²) >= 11 is 0. The zero-order chi connectivity index (χ0) is 21.0. The molecule has 0 radical (unpaired) electrons. The van der Waals surface area contributed by atoms with Crippen molar-refractivity contribution >= 4 is 5.78 Å². The highest BCUT2D eigenvalue weighted by atomic mass is 16.1. The number of ketones is 1. The van der Waals surface area contributed by atoms with E-state index in [4.69, 9.17) is 5.73 Å². The fourth-order valence-corrected chi connectivity index (χ4v) is 1.70. The Labute approximate surface area is 165 Å². The molecule has 0 aliphatic rings. The molecule has 0 bridgehead atoms. The Balaban J connectivity index is -0.000000286. The Kier molecular flexibility index (Phi) is 24.9. The topological polar surface area (TPSA) is 43.1 Å². The second-order valence-corrected chi connectivity index (χ2v) is 7.31. The normalized spacial score (nSPS) is 9.19. The zero-order valence-corrected chi connectivity index (χ0v) is 19.2. The van der Waals surface area contributed by atoms with Crippen molar-refractivity contribution in [3.8, 4) is 0 Å². The first kappa shape index (κ1) is 29.6. The summed E-state index contributed by atoms with van der Waals surface area (Å²) in [5.41, 5.74) is 9.00. The van der Waals surface area contributed by atoms with Gasteiger partial charge in [0.15, 0.2) is 0 Å². The van der Waals surface area contributed by atoms with Gasteiger partial charge in [0.25, 0.3) is 0 Å². The Morgan fingerprint density at radius 3 is 1.58 bits per heavy atom. The third-order valence-electron chi connectivity index (χ3n) is 4.05. The summed E-state index contributed by atoms with van der Waals surface area (Å²) in [6.07, 6.45) is 8.24. The summed E-state index contributed by atoms with van der Waals surface area (Å²) in [4.78, 5) is 9.69. The van der Waals surface area contributed by atoms with Crippen LogP contribution in [0, 0.1) is 26.7 Å². The lowest BCUT2D eigenvalue weighted by Gasteiger charge is -2.00. The number of rotatable bonds is 6. The molecule has 0 fully saturated rings. The maximum absolute atomic E-state index is 9.69. The molecular weight excluding hydrogens is 318 g/mol. The molecule has 26 heavy (non-hydrogen) atoms. The molecule has 1 rings (SSSR count). The van der Waals surface area contributed by atoms with Gasteiger partial charge in [-0.25, -0.2) is 0 Å². The fraction of sp³-hybridized carbons (Fsp3) is 0.708. The number of unbranched alkanes of at least 4 members (excludes halogenated alkanes) is 3. The van der Waals surface area contributed by atoms with E-state index in [1.807, 2.05) is 0 Å². The molecule has 0 heterocycles. The Morgan fingerprint density at radius 2 is 1.35 bits per heavy atom. The Bertz CT molecular complexity index is 402. The van der Waals surface area contributed by atoms with E-state index in [0.717, 1.165) is 5.92 Å². The largest absolute Gasteiger partial charge is 0.324 e. The average Bonchev–Trinajstić information content (AvgIpc) is 2.61. The lowest BCUT2D eigenvalue weighted by atomic mass is 10.1. The number of aryl methyl sites for hydroxylation is 2. The van der Waals surface area contributed by atoms with Gasteiger partial charge in [-0.2, -0.15) is 0 Å². The van der Waals surface area contributed by atoms with Crippen LogP contribution in [0.3, 0.4) is 0 Å². The first-order valence-corrected chi connectivity index (χ1v) is 10.4. The fourth-order valence-electron chi connectivity index (χ4n) is 1.70. The van der Waals surface area contributed by atoms with E-state index in [0.29, 0.717) is 0 Å². The van der Waals surface area contributed by atoms with Gasteiger partial charge in [-0.1, -0.05) is 91.3 Å². The Hall–Kier alpha value is -1.15. The second kappa shape index (κ2) is 21.9. The molecule has 1 aromatic carbocycles. The van der Waals surface area contributed by atoms with Crippen LogP contribution in [-0.4, -0.2) is 12.3 Å². The van der Waals surface area contributed by atoms with Gasteiger partial charge in [0.05, 0.1) is 6.54 Å². The SMILES string of the molecule is CC(=O)CN.CCCC.CCCCCC(C)C.Cc1cccc(C)c1C. The molecule has 2 heteroatoms. The summed E-state index contributed by atoms with van der Waals surface area (Å²) in [5.74, 6) is 0.937. The van der Waals surface area contributed by atoms with Crippen LogP contribution in [0.25, 0.3) is 0 Å². The van der Waals surface area contributed by atoms with Crippen molar-refractivity contribution in [1.29, 1.82) is 0 Å². The molecule has 2 N–H and O–H groups in total. The molecule has 154 valence electrons. The van der Waals surface area contributed by atoms with Crippen molar-refractivity contribution in [3.63, 3.8) is 0 Å². The van der Waals surface area contributed by atoms with Gasteiger partial charge in [0.1, 0.15) is 5.78 Å². The molecule has 1 aromatic rings. The molecule has 0 saturated carbocycles. The van der Waals surface area contributed by atoms with Gasteiger partial charge in [-0.15, -0.1) is 0 Å². The van der Waals surface area contributed by atoms with Crippen molar-refractivity contribution in [1.82, 2.24) is 0 Å². The summed E-state index contributed by atoms with van der Waals surface area (Å²) in [6.45, 7) is 19.3. The molecule has 0 aliphatic carbocycles. The highest BCUT2D eigenvalue weighted by molar-refractivity contribution is 5.77. The van der Waals surface area contributed by atoms with Crippen LogP contribution in [-0.2, 0) is 4.79 Å². The number of hydrogen-bond donors (Lipinski definition) is 1. The lowest BCUT2D eigenvalue weighted by Crippen LogP contribution is -2.07.